The van der Waals surface area contributed by atoms with Gasteiger partial charge in [0, 0.05) is 12.4 Å². The Balaban J connectivity index is 2.97. The normalized spacial score (nSPS) is 10.6. The number of hydrogen-bond acceptors (Lipinski definition) is 3. The molecule has 1 heterocycles. The fraction of sp³-hybridized carbons (Fsp3) is 0. The van der Waals surface area contributed by atoms with Gasteiger partial charge in [0.15, 0.2) is 11.6 Å². The number of aromatic hydroxyl groups is 1. The number of hydrogen-bond donors (Lipinski definition) is 1. The lowest BCUT2D eigenvalue weighted by Gasteiger charge is -2.01. The molecule has 0 aliphatic heterocycles. The molecule has 0 atom stereocenters. The van der Waals surface area contributed by atoms with Crippen molar-refractivity contribution in [1.29, 1.82) is 0 Å². The molecule has 0 unspecified atom stereocenters. The molecule has 0 aliphatic rings. The number of nitrogens with zero attached hydrogens (tertiary/aromatic N) is 2. The highest BCUT2D eigenvalue weighted by Gasteiger charge is 2.11. The van der Waals surface area contributed by atoms with Crippen molar-refractivity contribution in [2.24, 2.45) is 0 Å². The van der Waals surface area contributed by atoms with E-state index in [-0.39, 0.29) is 21.8 Å². The Morgan fingerprint density at radius 2 is 1.85 bits per heavy atom. The lowest BCUT2D eigenvalue weighted by Crippen LogP contribution is -1.87. The maximum atomic E-state index is 13.1. The van der Waals surface area contributed by atoms with Gasteiger partial charge in [0.05, 0.1) is 5.02 Å². The van der Waals surface area contributed by atoms with Crippen molar-refractivity contribution in [1.82, 2.24) is 9.97 Å². The summed E-state index contributed by atoms with van der Waals surface area (Å²) in [5.74, 6) is -0.836. The monoisotopic (exact) mass is 198 g/mol. The lowest BCUT2D eigenvalue weighted by molar-refractivity contribution is 0.479. The molecule has 2 rings (SSSR count). The van der Waals surface area contributed by atoms with Crippen LogP contribution in [0.2, 0.25) is 5.02 Å². The number of rotatable bonds is 0. The van der Waals surface area contributed by atoms with Crippen molar-refractivity contribution >= 4 is 22.6 Å². The van der Waals surface area contributed by atoms with Crippen LogP contribution in [0.15, 0.2) is 18.5 Å². The Bertz CT molecular complexity index is 475. The molecule has 1 N–H and O–H groups in total. The van der Waals surface area contributed by atoms with E-state index in [9.17, 15) is 9.50 Å². The summed E-state index contributed by atoms with van der Waals surface area (Å²) in [6.45, 7) is 0. The van der Waals surface area contributed by atoms with Gasteiger partial charge < -0.3 is 5.11 Å². The van der Waals surface area contributed by atoms with Crippen LogP contribution in [0, 0.1) is 5.82 Å². The van der Waals surface area contributed by atoms with E-state index in [1.54, 1.807) is 0 Å². The van der Waals surface area contributed by atoms with E-state index < -0.39 is 5.82 Å². The molecule has 1 aromatic heterocycles. The smallest absolute Gasteiger partial charge is 0.162 e. The molecule has 1 aromatic carbocycles. The summed E-state index contributed by atoms with van der Waals surface area (Å²) >= 11 is 5.54. The van der Waals surface area contributed by atoms with Crippen LogP contribution in [0.5, 0.6) is 5.75 Å². The van der Waals surface area contributed by atoms with Crippen LogP contribution < -0.4 is 0 Å². The highest BCUT2D eigenvalue weighted by atomic mass is 35.5. The van der Waals surface area contributed by atoms with Gasteiger partial charge in [0.25, 0.3) is 0 Å². The number of aromatic nitrogens is 2. The van der Waals surface area contributed by atoms with Crippen LogP contribution in [-0.2, 0) is 0 Å². The molecule has 66 valence electrons. The first-order valence-corrected chi connectivity index (χ1v) is 3.85. The molecule has 3 nitrogen and oxygen atoms in total. The van der Waals surface area contributed by atoms with Crippen LogP contribution in [0.25, 0.3) is 11.0 Å². The summed E-state index contributed by atoms with van der Waals surface area (Å²) in [4.78, 5) is 7.49. The van der Waals surface area contributed by atoms with Crippen LogP contribution in [0.1, 0.15) is 0 Å². The fourth-order valence-electron chi connectivity index (χ4n) is 1.05. The third-order valence-corrected chi connectivity index (χ3v) is 1.92. The van der Waals surface area contributed by atoms with Crippen molar-refractivity contribution in [3.63, 3.8) is 0 Å². The van der Waals surface area contributed by atoms with Crippen LogP contribution in [0.4, 0.5) is 4.39 Å². The lowest BCUT2D eigenvalue weighted by atomic mass is 10.2. The third kappa shape index (κ3) is 1.19. The predicted molar refractivity (Wildman–Crippen MR) is 46.2 cm³/mol. The minimum Gasteiger partial charge on any atom is -0.504 e. The average molecular weight is 199 g/mol. The molecule has 0 saturated carbocycles. The second-order valence-corrected chi connectivity index (χ2v) is 2.85. The van der Waals surface area contributed by atoms with Gasteiger partial charge in [0.2, 0.25) is 0 Å². The van der Waals surface area contributed by atoms with Crippen LogP contribution in [0.3, 0.4) is 0 Å². The molecule has 0 amide bonds. The number of halogens is 2. The van der Waals surface area contributed by atoms with Crippen LogP contribution in [-0.4, -0.2) is 15.1 Å². The van der Waals surface area contributed by atoms with Gasteiger partial charge in [-0.15, -0.1) is 0 Å². The first-order chi connectivity index (χ1) is 6.20. The Morgan fingerprint density at radius 1 is 1.23 bits per heavy atom. The van der Waals surface area contributed by atoms with Crippen molar-refractivity contribution in [3.8, 4) is 5.75 Å². The fourth-order valence-corrected chi connectivity index (χ4v) is 1.23. The van der Waals surface area contributed by atoms with Gasteiger partial charge in [-0.05, 0) is 6.07 Å². The highest BCUT2D eigenvalue weighted by Crippen LogP contribution is 2.31. The van der Waals surface area contributed by atoms with Crippen molar-refractivity contribution in [2.75, 3.05) is 0 Å². The minimum absolute atomic E-state index is 0.0180. The molecular formula is C8H4ClFN2O. The maximum Gasteiger partial charge on any atom is 0.162 e. The molecule has 0 spiro atoms. The SMILES string of the molecule is Oc1c(Cl)cc(F)c2nccnc12. The minimum atomic E-state index is -0.592. The van der Waals surface area contributed by atoms with E-state index in [1.807, 2.05) is 0 Å². The Labute approximate surface area is 77.8 Å². The molecule has 0 fully saturated rings. The quantitative estimate of drug-likeness (QED) is 0.705. The Morgan fingerprint density at radius 3 is 2.54 bits per heavy atom. The Hall–Kier alpha value is -1.42. The molecule has 0 bridgehead atoms. The van der Waals surface area contributed by atoms with E-state index in [0.717, 1.165) is 6.07 Å². The molecule has 0 aliphatic carbocycles. The first-order valence-electron chi connectivity index (χ1n) is 3.48. The molecule has 5 heteroatoms. The van der Waals surface area contributed by atoms with Gasteiger partial charge in [-0.3, -0.25) is 0 Å². The number of fused-ring (bicyclic) bond motifs is 1. The molecule has 0 saturated heterocycles. The van der Waals surface area contributed by atoms with Gasteiger partial charge in [-0.25, -0.2) is 14.4 Å². The third-order valence-electron chi connectivity index (χ3n) is 1.63. The van der Waals surface area contributed by atoms with E-state index in [4.69, 9.17) is 11.6 Å². The summed E-state index contributed by atoms with van der Waals surface area (Å²) in [7, 11) is 0. The predicted octanol–water partition coefficient (Wildman–Crippen LogP) is 2.13. The van der Waals surface area contributed by atoms with Gasteiger partial charge in [-0.2, -0.15) is 0 Å². The van der Waals surface area contributed by atoms with Crippen molar-refractivity contribution in [3.05, 3.63) is 29.3 Å². The second kappa shape index (κ2) is 2.81. The molecule has 0 radical (unpaired) electrons. The van der Waals surface area contributed by atoms with E-state index >= 15 is 0 Å². The first kappa shape index (κ1) is 8.19. The van der Waals surface area contributed by atoms with Crippen molar-refractivity contribution in [2.45, 2.75) is 0 Å². The topological polar surface area (TPSA) is 46.0 Å². The molecule has 2 aromatic rings. The maximum absolute atomic E-state index is 13.1. The number of benzene rings is 1. The highest BCUT2D eigenvalue weighted by molar-refractivity contribution is 6.33. The summed E-state index contributed by atoms with van der Waals surface area (Å²) in [5.41, 5.74) is 0.0944. The van der Waals surface area contributed by atoms with E-state index in [2.05, 4.69) is 9.97 Å². The van der Waals surface area contributed by atoms with Gasteiger partial charge in [0.1, 0.15) is 11.0 Å². The molecular weight excluding hydrogens is 195 g/mol. The summed E-state index contributed by atoms with van der Waals surface area (Å²) in [5, 5.41) is 9.32. The zero-order valence-electron chi connectivity index (χ0n) is 6.33. The molecule has 13 heavy (non-hydrogen) atoms. The van der Waals surface area contributed by atoms with E-state index in [0.29, 0.717) is 0 Å². The average Bonchev–Trinajstić information content (AvgIpc) is 2.15. The largest absolute Gasteiger partial charge is 0.504 e. The Kier molecular flexibility index (Phi) is 1.77. The zero-order chi connectivity index (χ0) is 9.42. The second-order valence-electron chi connectivity index (χ2n) is 2.44. The number of phenols is 1. The van der Waals surface area contributed by atoms with E-state index in [1.165, 1.54) is 12.4 Å². The summed E-state index contributed by atoms with van der Waals surface area (Å²) in [6, 6.07) is 1.01. The van der Waals surface area contributed by atoms with Crippen molar-refractivity contribution < 1.29 is 9.50 Å². The summed E-state index contributed by atoms with van der Waals surface area (Å²) < 4.78 is 13.1. The summed E-state index contributed by atoms with van der Waals surface area (Å²) in [6.07, 6.45) is 2.70. The van der Waals surface area contributed by atoms with Crippen LogP contribution >= 0.6 is 11.6 Å². The van der Waals surface area contributed by atoms with Gasteiger partial charge >= 0.3 is 0 Å². The number of phenolic OH excluding ortho intramolecular Hbond substituents is 1. The zero-order valence-corrected chi connectivity index (χ0v) is 7.09. The van der Waals surface area contributed by atoms with Gasteiger partial charge in [-0.1, -0.05) is 11.6 Å². The standard InChI is InChI=1S/C8H4ClFN2O/c9-4-3-5(10)6-7(8(4)13)12-2-1-11-6/h1-3,13H.